The van der Waals surface area contributed by atoms with Gasteiger partial charge in [-0.1, -0.05) is 30.3 Å². The molecule has 0 bridgehead atoms. The molecule has 0 unspecified atom stereocenters. The number of aromatic nitrogens is 2. The molecule has 3 aromatic rings. The molecule has 0 fully saturated rings. The second-order valence-corrected chi connectivity index (χ2v) is 6.64. The predicted octanol–water partition coefficient (Wildman–Crippen LogP) is 2.55. The summed E-state index contributed by atoms with van der Waals surface area (Å²) in [7, 11) is 1.81. The largest absolute Gasteiger partial charge is 0.448 e. The molecule has 6 nitrogen and oxygen atoms in total. The fourth-order valence-corrected chi connectivity index (χ4v) is 3.32. The second kappa shape index (κ2) is 7.26. The van der Waals surface area contributed by atoms with Crippen LogP contribution in [-0.2, 0) is 23.0 Å². The number of cyclic esters (lactones) is 1. The summed E-state index contributed by atoms with van der Waals surface area (Å²) in [4.78, 5) is 29.4. The number of fused-ring (bicyclic) bond motifs is 1. The number of hydrogen-bond donors (Lipinski definition) is 1. The number of imidazole rings is 1. The Labute approximate surface area is 161 Å². The van der Waals surface area contributed by atoms with E-state index in [1.165, 1.54) is 12.1 Å². The van der Waals surface area contributed by atoms with Gasteiger partial charge in [-0.15, -0.1) is 0 Å². The van der Waals surface area contributed by atoms with Crippen LogP contribution in [-0.4, -0.2) is 27.5 Å². The summed E-state index contributed by atoms with van der Waals surface area (Å²) >= 11 is 0. The second-order valence-electron chi connectivity index (χ2n) is 6.64. The maximum atomic E-state index is 13.3. The zero-order valence-electron chi connectivity index (χ0n) is 15.1. The first kappa shape index (κ1) is 17.9. The fourth-order valence-electron chi connectivity index (χ4n) is 3.32. The maximum Gasteiger partial charge on any atom is 0.339 e. The zero-order chi connectivity index (χ0) is 19.7. The van der Waals surface area contributed by atoms with Crippen molar-refractivity contribution in [3.05, 3.63) is 89.3 Å². The molecule has 2 heterocycles. The van der Waals surface area contributed by atoms with Crippen molar-refractivity contribution in [2.45, 2.75) is 18.6 Å². The number of nitrogens with zero attached hydrogens (tertiary/aromatic N) is 2. The van der Waals surface area contributed by atoms with Gasteiger partial charge in [0.2, 0.25) is 0 Å². The molecule has 0 radical (unpaired) electrons. The van der Waals surface area contributed by atoms with Gasteiger partial charge in [0.25, 0.3) is 5.91 Å². The molecular weight excluding hydrogens is 361 g/mol. The highest BCUT2D eigenvalue weighted by Gasteiger charge is 2.33. The Morgan fingerprint density at radius 2 is 2.00 bits per heavy atom. The number of esters is 1. The monoisotopic (exact) mass is 379 g/mol. The number of halogens is 1. The number of rotatable bonds is 4. The number of aryl methyl sites for hydroxylation is 1. The van der Waals surface area contributed by atoms with Gasteiger partial charge in [0, 0.05) is 25.9 Å². The third-order valence-corrected chi connectivity index (χ3v) is 4.79. The van der Waals surface area contributed by atoms with Crippen molar-refractivity contribution in [3.8, 4) is 0 Å². The van der Waals surface area contributed by atoms with E-state index in [4.69, 9.17) is 4.74 Å². The van der Waals surface area contributed by atoms with E-state index in [1.54, 1.807) is 41.2 Å². The van der Waals surface area contributed by atoms with Crippen molar-refractivity contribution in [2.24, 2.45) is 7.05 Å². The number of nitrogens with one attached hydrogen (secondary N) is 1. The van der Waals surface area contributed by atoms with Gasteiger partial charge < -0.3 is 14.6 Å². The van der Waals surface area contributed by atoms with Gasteiger partial charge in [-0.3, -0.25) is 4.79 Å². The average Bonchev–Trinajstić information content (AvgIpc) is 3.12. The summed E-state index contributed by atoms with van der Waals surface area (Å²) in [6.45, 7) is 0. The molecule has 0 spiro atoms. The molecule has 7 heteroatoms. The maximum absolute atomic E-state index is 13.3. The predicted molar refractivity (Wildman–Crippen MR) is 98.9 cm³/mol. The van der Waals surface area contributed by atoms with Gasteiger partial charge in [0.1, 0.15) is 17.7 Å². The summed E-state index contributed by atoms with van der Waals surface area (Å²) in [5, 5.41) is 2.90. The first-order valence-corrected chi connectivity index (χ1v) is 8.85. The van der Waals surface area contributed by atoms with Gasteiger partial charge in [0.05, 0.1) is 5.56 Å². The lowest BCUT2D eigenvalue weighted by Crippen LogP contribution is -2.43. The molecular formula is C21H18FN3O3. The van der Waals surface area contributed by atoms with Gasteiger partial charge in [-0.05, 0) is 29.3 Å². The Morgan fingerprint density at radius 1 is 1.25 bits per heavy atom. The van der Waals surface area contributed by atoms with Crippen molar-refractivity contribution >= 4 is 11.9 Å². The minimum Gasteiger partial charge on any atom is -0.448 e. The van der Waals surface area contributed by atoms with Crippen LogP contribution in [0.2, 0.25) is 0 Å². The van der Waals surface area contributed by atoms with E-state index in [1.807, 2.05) is 19.2 Å². The molecule has 1 N–H and O–H groups in total. The van der Waals surface area contributed by atoms with Crippen molar-refractivity contribution in [3.63, 3.8) is 0 Å². The molecule has 4 rings (SSSR count). The number of amides is 1. The molecule has 2 aromatic carbocycles. The smallest absolute Gasteiger partial charge is 0.339 e. The molecule has 0 aliphatic carbocycles. The third kappa shape index (κ3) is 3.38. The van der Waals surface area contributed by atoms with Crippen molar-refractivity contribution < 1.29 is 18.7 Å². The van der Waals surface area contributed by atoms with Gasteiger partial charge >= 0.3 is 5.97 Å². The summed E-state index contributed by atoms with van der Waals surface area (Å²) in [5.74, 6) is -0.730. The summed E-state index contributed by atoms with van der Waals surface area (Å²) in [6.07, 6.45) is 2.74. The highest BCUT2D eigenvalue weighted by atomic mass is 19.1. The van der Waals surface area contributed by atoms with Crippen LogP contribution in [0, 0.1) is 5.82 Å². The lowest BCUT2D eigenvalue weighted by molar-refractivity contribution is -0.130. The Kier molecular flexibility index (Phi) is 4.65. The quantitative estimate of drug-likeness (QED) is 0.707. The highest BCUT2D eigenvalue weighted by Crippen LogP contribution is 2.24. The summed E-state index contributed by atoms with van der Waals surface area (Å²) < 4.78 is 20.5. The van der Waals surface area contributed by atoms with E-state index in [9.17, 15) is 14.0 Å². The van der Waals surface area contributed by atoms with Crippen LogP contribution < -0.4 is 5.32 Å². The highest BCUT2D eigenvalue weighted by molar-refractivity contribution is 5.95. The van der Waals surface area contributed by atoms with Crippen molar-refractivity contribution in [2.75, 3.05) is 0 Å². The zero-order valence-corrected chi connectivity index (χ0v) is 15.1. The van der Waals surface area contributed by atoms with E-state index in [2.05, 4.69) is 10.3 Å². The molecule has 0 saturated carbocycles. The molecule has 0 saturated heterocycles. The van der Waals surface area contributed by atoms with Crippen LogP contribution >= 0.6 is 0 Å². The summed E-state index contributed by atoms with van der Waals surface area (Å²) in [5.41, 5.74) is 1.92. The SMILES string of the molecule is Cn1ccnc1[C@H](NC(=O)[C@@H]1Cc2ccccc2C(=O)O1)c1ccc(F)cc1. The van der Waals surface area contributed by atoms with Crippen LogP contribution in [0.4, 0.5) is 4.39 Å². The van der Waals surface area contributed by atoms with E-state index in [0.29, 0.717) is 23.4 Å². The van der Waals surface area contributed by atoms with Crippen LogP contribution in [0.15, 0.2) is 60.9 Å². The molecule has 2 atom stereocenters. The molecule has 1 aliphatic rings. The number of carbonyl (C=O) groups excluding carboxylic acids is 2. The number of hydrogen-bond acceptors (Lipinski definition) is 4. The Morgan fingerprint density at radius 3 is 2.71 bits per heavy atom. The molecule has 1 aromatic heterocycles. The first-order chi connectivity index (χ1) is 13.5. The molecule has 28 heavy (non-hydrogen) atoms. The van der Waals surface area contributed by atoms with Gasteiger partial charge in [0.15, 0.2) is 6.10 Å². The van der Waals surface area contributed by atoms with E-state index < -0.39 is 24.0 Å². The third-order valence-electron chi connectivity index (χ3n) is 4.79. The number of carbonyl (C=O) groups is 2. The Balaban J connectivity index is 1.60. The number of ether oxygens (including phenoxy) is 1. The van der Waals surface area contributed by atoms with Gasteiger partial charge in [-0.25, -0.2) is 14.2 Å². The van der Waals surface area contributed by atoms with Crippen LogP contribution in [0.1, 0.15) is 33.4 Å². The normalized spacial score (nSPS) is 16.8. The fraction of sp³-hybridized carbons (Fsp3) is 0.190. The minimum absolute atomic E-state index is 0.296. The Bertz CT molecular complexity index is 1030. The average molecular weight is 379 g/mol. The lowest BCUT2D eigenvalue weighted by atomic mass is 9.97. The topological polar surface area (TPSA) is 73.2 Å². The van der Waals surface area contributed by atoms with E-state index in [-0.39, 0.29) is 5.82 Å². The standard InChI is InChI=1S/C21H18FN3O3/c1-25-11-10-23-19(25)18(13-6-8-15(22)9-7-13)24-20(26)17-12-14-4-2-3-5-16(14)21(27)28-17/h2-11,17-18H,12H2,1H3,(H,24,26)/t17-,18+/m0/s1. The van der Waals surface area contributed by atoms with Crippen LogP contribution in [0.3, 0.4) is 0 Å². The molecule has 142 valence electrons. The molecule has 1 amide bonds. The van der Waals surface area contributed by atoms with E-state index >= 15 is 0 Å². The minimum atomic E-state index is -0.939. The van der Waals surface area contributed by atoms with E-state index in [0.717, 1.165) is 5.56 Å². The summed E-state index contributed by atoms with van der Waals surface area (Å²) in [6, 6.07) is 12.3. The van der Waals surface area contributed by atoms with Crippen LogP contribution in [0.25, 0.3) is 0 Å². The van der Waals surface area contributed by atoms with Gasteiger partial charge in [-0.2, -0.15) is 0 Å². The lowest BCUT2D eigenvalue weighted by Gasteiger charge is -2.26. The molecule has 1 aliphatic heterocycles. The first-order valence-electron chi connectivity index (χ1n) is 8.85. The Hall–Kier alpha value is -3.48. The van der Waals surface area contributed by atoms with Crippen molar-refractivity contribution in [1.82, 2.24) is 14.9 Å². The van der Waals surface area contributed by atoms with Crippen molar-refractivity contribution in [1.29, 1.82) is 0 Å². The number of benzene rings is 2. The van der Waals surface area contributed by atoms with Crippen LogP contribution in [0.5, 0.6) is 0 Å².